The van der Waals surface area contributed by atoms with Crippen LogP contribution in [0.5, 0.6) is 0 Å². The topological polar surface area (TPSA) is 54.9 Å². The molecule has 1 aromatic carbocycles. The van der Waals surface area contributed by atoms with Crippen LogP contribution in [0, 0.1) is 0 Å². The molecule has 21 heavy (non-hydrogen) atoms. The highest BCUT2D eigenvalue weighted by molar-refractivity contribution is 8.01. The van der Waals surface area contributed by atoms with E-state index in [4.69, 9.17) is 0 Å². The average Bonchev–Trinajstić information content (AvgIpc) is 2.85. The van der Waals surface area contributed by atoms with Crippen molar-refractivity contribution < 1.29 is 4.79 Å². The van der Waals surface area contributed by atoms with E-state index in [0.29, 0.717) is 16.8 Å². The monoisotopic (exact) mass is 321 g/mol. The van der Waals surface area contributed by atoms with E-state index >= 15 is 0 Å². The number of benzene rings is 1. The fourth-order valence-corrected chi connectivity index (χ4v) is 3.74. The first kappa shape index (κ1) is 16.0. The average molecular weight is 321 g/mol. The SMILES string of the molecule is CCc1ccc(CC(=O)Nc2nnc(SC(C)C)s2)cc1. The normalized spacial score (nSPS) is 10.9. The number of nitrogens with one attached hydrogen (secondary N) is 1. The number of rotatable bonds is 6. The predicted molar refractivity (Wildman–Crippen MR) is 89.1 cm³/mol. The van der Waals surface area contributed by atoms with Crippen molar-refractivity contribution in [1.82, 2.24) is 10.2 Å². The molecule has 0 unspecified atom stereocenters. The zero-order valence-electron chi connectivity index (χ0n) is 12.4. The second-order valence-corrected chi connectivity index (χ2v) is 7.74. The number of carbonyl (C=O) groups is 1. The standard InChI is InChI=1S/C15H19N3OS2/c1-4-11-5-7-12(8-6-11)9-13(19)16-14-17-18-15(21-14)20-10(2)3/h5-8,10H,4,9H2,1-3H3,(H,16,17,19). The van der Waals surface area contributed by atoms with Crippen LogP contribution in [0.4, 0.5) is 5.13 Å². The van der Waals surface area contributed by atoms with Gasteiger partial charge >= 0.3 is 0 Å². The van der Waals surface area contributed by atoms with Gasteiger partial charge in [0.15, 0.2) is 4.34 Å². The number of hydrogen-bond acceptors (Lipinski definition) is 5. The molecule has 1 N–H and O–H groups in total. The lowest BCUT2D eigenvalue weighted by Gasteiger charge is -2.03. The number of aromatic nitrogens is 2. The quantitative estimate of drug-likeness (QED) is 0.650. The van der Waals surface area contributed by atoms with Gasteiger partial charge < -0.3 is 5.32 Å². The van der Waals surface area contributed by atoms with E-state index in [-0.39, 0.29) is 5.91 Å². The third-order valence-corrected chi connectivity index (χ3v) is 4.71. The summed E-state index contributed by atoms with van der Waals surface area (Å²) in [6.45, 7) is 6.32. The minimum atomic E-state index is -0.0588. The Balaban J connectivity index is 1.90. The lowest BCUT2D eigenvalue weighted by molar-refractivity contribution is -0.115. The van der Waals surface area contributed by atoms with E-state index in [1.54, 1.807) is 11.8 Å². The van der Waals surface area contributed by atoms with Crippen LogP contribution in [-0.4, -0.2) is 21.4 Å². The van der Waals surface area contributed by atoms with Gasteiger partial charge in [0, 0.05) is 5.25 Å². The zero-order chi connectivity index (χ0) is 15.2. The van der Waals surface area contributed by atoms with Crippen LogP contribution in [0.3, 0.4) is 0 Å². The molecule has 0 atom stereocenters. The smallest absolute Gasteiger partial charge is 0.230 e. The highest BCUT2D eigenvalue weighted by Crippen LogP contribution is 2.28. The van der Waals surface area contributed by atoms with E-state index in [2.05, 4.69) is 48.4 Å². The van der Waals surface area contributed by atoms with Gasteiger partial charge in [-0.1, -0.05) is 68.1 Å². The van der Waals surface area contributed by atoms with Gasteiger partial charge in [0.1, 0.15) is 0 Å². The Morgan fingerprint density at radius 1 is 1.24 bits per heavy atom. The number of aryl methyl sites for hydroxylation is 1. The largest absolute Gasteiger partial charge is 0.300 e. The van der Waals surface area contributed by atoms with E-state index in [9.17, 15) is 4.79 Å². The molecule has 0 spiro atoms. The summed E-state index contributed by atoms with van der Waals surface area (Å²) in [5.41, 5.74) is 2.28. The Kier molecular flexibility index (Phi) is 5.76. The molecule has 0 aliphatic carbocycles. The molecule has 0 bridgehead atoms. The van der Waals surface area contributed by atoms with Gasteiger partial charge in [-0.15, -0.1) is 10.2 Å². The molecule has 6 heteroatoms. The summed E-state index contributed by atoms with van der Waals surface area (Å²) in [6.07, 6.45) is 1.36. The number of carbonyl (C=O) groups excluding carboxylic acids is 1. The maximum atomic E-state index is 12.0. The van der Waals surface area contributed by atoms with Crippen molar-refractivity contribution in [3.8, 4) is 0 Å². The highest BCUT2D eigenvalue weighted by atomic mass is 32.2. The van der Waals surface area contributed by atoms with Crippen molar-refractivity contribution in [2.75, 3.05) is 5.32 Å². The van der Waals surface area contributed by atoms with Crippen molar-refractivity contribution in [2.24, 2.45) is 0 Å². The summed E-state index contributed by atoms with van der Waals surface area (Å²) in [6, 6.07) is 8.12. The van der Waals surface area contributed by atoms with Gasteiger partial charge in [0.25, 0.3) is 0 Å². The molecular formula is C15H19N3OS2. The van der Waals surface area contributed by atoms with Gasteiger partial charge in [-0.2, -0.15) is 0 Å². The number of hydrogen-bond donors (Lipinski definition) is 1. The molecule has 112 valence electrons. The summed E-state index contributed by atoms with van der Waals surface area (Å²) in [7, 11) is 0. The van der Waals surface area contributed by atoms with E-state index in [1.807, 2.05) is 12.1 Å². The molecule has 0 saturated heterocycles. The van der Waals surface area contributed by atoms with Crippen LogP contribution in [-0.2, 0) is 17.6 Å². The van der Waals surface area contributed by atoms with Crippen LogP contribution in [0.1, 0.15) is 31.9 Å². The molecule has 1 aromatic heterocycles. The number of anilines is 1. The van der Waals surface area contributed by atoms with Crippen molar-refractivity contribution in [3.05, 3.63) is 35.4 Å². The molecule has 0 radical (unpaired) electrons. The third-order valence-electron chi connectivity index (χ3n) is 2.79. The van der Waals surface area contributed by atoms with Crippen LogP contribution in [0.15, 0.2) is 28.6 Å². The first-order valence-corrected chi connectivity index (χ1v) is 8.64. The predicted octanol–water partition coefficient (Wildman–Crippen LogP) is 3.78. The minimum absolute atomic E-state index is 0.0588. The molecule has 0 fully saturated rings. The van der Waals surface area contributed by atoms with Crippen molar-refractivity contribution in [1.29, 1.82) is 0 Å². The molecule has 0 aliphatic heterocycles. The Morgan fingerprint density at radius 3 is 2.52 bits per heavy atom. The fourth-order valence-electron chi connectivity index (χ4n) is 1.75. The molecule has 1 heterocycles. The Labute approximate surface area is 133 Å². The molecule has 2 rings (SSSR count). The molecule has 2 aromatic rings. The highest BCUT2D eigenvalue weighted by Gasteiger charge is 2.10. The maximum absolute atomic E-state index is 12.0. The number of amides is 1. The Hall–Kier alpha value is -1.40. The molecule has 4 nitrogen and oxygen atoms in total. The lowest BCUT2D eigenvalue weighted by Crippen LogP contribution is -2.14. The Morgan fingerprint density at radius 2 is 1.90 bits per heavy atom. The number of nitrogens with zero attached hydrogens (tertiary/aromatic N) is 2. The van der Waals surface area contributed by atoms with E-state index in [0.717, 1.165) is 16.3 Å². The molecule has 1 amide bonds. The van der Waals surface area contributed by atoms with Crippen molar-refractivity contribution in [3.63, 3.8) is 0 Å². The first-order chi connectivity index (χ1) is 10.1. The molecular weight excluding hydrogens is 302 g/mol. The summed E-state index contributed by atoms with van der Waals surface area (Å²) in [5.74, 6) is -0.0588. The summed E-state index contributed by atoms with van der Waals surface area (Å²) in [5, 5.41) is 11.9. The van der Waals surface area contributed by atoms with Crippen LogP contribution in [0.2, 0.25) is 0 Å². The minimum Gasteiger partial charge on any atom is -0.300 e. The van der Waals surface area contributed by atoms with Gasteiger partial charge in [0.05, 0.1) is 6.42 Å². The third kappa shape index (κ3) is 5.13. The van der Waals surface area contributed by atoms with Gasteiger partial charge in [-0.3, -0.25) is 4.79 Å². The second kappa shape index (κ2) is 7.56. The van der Waals surface area contributed by atoms with Crippen molar-refractivity contribution >= 4 is 34.1 Å². The summed E-state index contributed by atoms with van der Waals surface area (Å²) >= 11 is 3.06. The molecule has 0 aliphatic rings. The summed E-state index contributed by atoms with van der Waals surface area (Å²) < 4.78 is 0.882. The van der Waals surface area contributed by atoms with Crippen LogP contribution in [0.25, 0.3) is 0 Å². The van der Waals surface area contributed by atoms with Crippen molar-refractivity contribution in [2.45, 2.75) is 43.2 Å². The van der Waals surface area contributed by atoms with E-state index in [1.165, 1.54) is 16.9 Å². The first-order valence-electron chi connectivity index (χ1n) is 6.94. The van der Waals surface area contributed by atoms with Crippen LogP contribution >= 0.6 is 23.1 Å². The van der Waals surface area contributed by atoms with Gasteiger partial charge in [-0.05, 0) is 17.5 Å². The molecule has 0 saturated carbocycles. The summed E-state index contributed by atoms with van der Waals surface area (Å²) in [4.78, 5) is 12.0. The van der Waals surface area contributed by atoms with E-state index < -0.39 is 0 Å². The fraction of sp³-hybridized carbons (Fsp3) is 0.400. The second-order valence-electron chi connectivity index (χ2n) is 4.93. The maximum Gasteiger partial charge on any atom is 0.230 e. The lowest BCUT2D eigenvalue weighted by atomic mass is 10.1. The van der Waals surface area contributed by atoms with Crippen LogP contribution < -0.4 is 5.32 Å². The Bertz CT molecular complexity index is 593. The van der Waals surface area contributed by atoms with Gasteiger partial charge in [0.2, 0.25) is 11.0 Å². The number of thioether (sulfide) groups is 1. The zero-order valence-corrected chi connectivity index (χ0v) is 14.1. The van der Waals surface area contributed by atoms with Gasteiger partial charge in [-0.25, -0.2) is 0 Å².